The van der Waals surface area contributed by atoms with Crippen molar-refractivity contribution in [3.8, 4) is 0 Å². The lowest BCUT2D eigenvalue weighted by atomic mass is 10.0. The highest BCUT2D eigenvalue weighted by Gasteiger charge is 2.37. The SMILES string of the molecule is CC1(C)OCC(C2=CC=C3C=C(F)C=CC3O2)O1. The van der Waals surface area contributed by atoms with E-state index in [1.165, 1.54) is 12.2 Å². The van der Waals surface area contributed by atoms with Crippen LogP contribution in [0.1, 0.15) is 13.8 Å². The van der Waals surface area contributed by atoms with Gasteiger partial charge in [0.25, 0.3) is 0 Å². The Labute approximate surface area is 105 Å². The standard InChI is InChI=1S/C14H15FO3/c1-14(2)16-8-13(18-14)12-5-3-9-7-10(15)4-6-11(9)17-12/h3-7,11,13H,8H2,1-2H3. The molecule has 0 amide bonds. The highest BCUT2D eigenvalue weighted by molar-refractivity contribution is 5.42. The quantitative estimate of drug-likeness (QED) is 0.716. The summed E-state index contributed by atoms with van der Waals surface area (Å²) in [5, 5.41) is 0. The van der Waals surface area contributed by atoms with Gasteiger partial charge in [-0.3, -0.25) is 0 Å². The molecular weight excluding hydrogens is 235 g/mol. The summed E-state index contributed by atoms with van der Waals surface area (Å²) in [5.41, 5.74) is 0.817. The van der Waals surface area contributed by atoms with Gasteiger partial charge in [0.05, 0.1) is 6.61 Å². The van der Waals surface area contributed by atoms with Crippen molar-refractivity contribution in [3.63, 3.8) is 0 Å². The Balaban J connectivity index is 1.79. The Hall–Kier alpha value is -1.39. The van der Waals surface area contributed by atoms with Crippen molar-refractivity contribution in [2.24, 2.45) is 0 Å². The second-order valence-electron chi connectivity index (χ2n) is 4.98. The molecular formula is C14H15FO3. The van der Waals surface area contributed by atoms with Crippen LogP contribution in [-0.4, -0.2) is 24.6 Å². The fourth-order valence-electron chi connectivity index (χ4n) is 2.20. The Bertz CT molecular complexity index is 485. The van der Waals surface area contributed by atoms with Crippen molar-refractivity contribution in [1.29, 1.82) is 0 Å². The van der Waals surface area contributed by atoms with E-state index in [1.54, 1.807) is 6.08 Å². The summed E-state index contributed by atoms with van der Waals surface area (Å²) >= 11 is 0. The van der Waals surface area contributed by atoms with E-state index in [0.29, 0.717) is 6.61 Å². The summed E-state index contributed by atoms with van der Waals surface area (Å²) in [6, 6.07) is 0. The third-order valence-corrected chi connectivity index (χ3v) is 3.09. The Morgan fingerprint density at radius 1 is 1.33 bits per heavy atom. The molecule has 3 rings (SSSR count). The van der Waals surface area contributed by atoms with Gasteiger partial charge in [-0.25, -0.2) is 4.39 Å². The molecule has 2 heterocycles. The van der Waals surface area contributed by atoms with Gasteiger partial charge < -0.3 is 14.2 Å². The average Bonchev–Trinajstić information content (AvgIpc) is 2.69. The molecule has 18 heavy (non-hydrogen) atoms. The van der Waals surface area contributed by atoms with E-state index in [0.717, 1.165) is 11.3 Å². The van der Waals surface area contributed by atoms with Gasteiger partial charge in [-0.05, 0) is 43.7 Å². The molecule has 3 nitrogen and oxygen atoms in total. The summed E-state index contributed by atoms with van der Waals surface area (Å²) in [5.74, 6) is -0.0954. The number of rotatable bonds is 1. The minimum atomic E-state index is -0.576. The molecule has 96 valence electrons. The van der Waals surface area contributed by atoms with Crippen LogP contribution in [0.25, 0.3) is 0 Å². The third-order valence-electron chi connectivity index (χ3n) is 3.09. The zero-order chi connectivity index (χ0) is 12.8. The molecule has 2 atom stereocenters. The molecule has 0 aromatic heterocycles. The van der Waals surface area contributed by atoms with Crippen LogP contribution in [0.4, 0.5) is 4.39 Å². The maximum absolute atomic E-state index is 13.1. The van der Waals surface area contributed by atoms with Crippen molar-refractivity contribution in [1.82, 2.24) is 0 Å². The number of hydrogen-bond donors (Lipinski definition) is 0. The molecule has 0 spiro atoms. The van der Waals surface area contributed by atoms with Gasteiger partial charge >= 0.3 is 0 Å². The first-order valence-corrected chi connectivity index (χ1v) is 5.99. The van der Waals surface area contributed by atoms with E-state index in [-0.39, 0.29) is 18.0 Å². The molecule has 3 aliphatic rings. The number of fused-ring (bicyclic) bond motifs is 1. The topological polar surface area (TPSA) is 27.7 Å². The summed E-state index contributed by atoms with van der Waals surface area (Å²) in [7, 11) is 0. The maximum atomic E-state index is 13.1. The lowest BCUT2D eigenvalue weighted by molar-refractivity contribution is -0.138. The van der Waals surface area contributed by atoms with E-state index in [4.69, 9.17) is 14.2 Å². The highest BCUT2D eigenvalue weighted by atomic mass is 19.1. The predicted octanol–water partition coefficient (Wildman–Crippen LogP) is 2.77. The number of allylic oxidation sites excluding steroid dienone is 4. The van der Waals surface area contributed by atoms with E-state index >= 15 is 0 Å². The molecule has 0 bridgehead atoms. The van der Waals surface area contributed by atoms with Gasteiger partial charge in [-0.2, -0.15) is 0 Å². The molecule has 1 fully saturated rings. The largest absolute Gasteiger partial charge is 0.483 e. The van der Waals surface area contributed by atoms with E-state index in [9.17, 15) is 4.39 Å². The van der Waals surface area contributed by atoms with Gasteiger partial charge in [0.1, 0.15) is 23.8 Å². The summed E-state index contributed by atoms with van der Waals surface area (Å²) in [4.78, 5) is 0. The average molecular weight is 250 g/mol. The number of halogens is 1. The van der Waals surface area contributed by atoms with E-state index in [2.05, 4.69) is 0 Å². The number of ether oxygens (including phenoxy) is 3. The monoisotopic (exact) mass is 250 g/mol. The van der Waals surface area contributed by atoms with Gasteiger partial charge in [-0.1, -0.05) is 6.08 Å². The molecule has 0 radical (unpaired) electrons. The molecule has 1 saturated heterocycles. The van der Waals surface area contributed by atoms with Crippen molar-refractivity contribution < 1.29 is 18.6 Å². The zero-order valence-electron chi connectivity index (χ0n) is 10.4. The zero-order valence-corrected chi connectivity index (χ0v) is 10.4. The van der Waals surface area contributed by atoms with Crippen LogP contribution < -0.4 is 0 Å². The molecule has 0 aromatic rings. The van der Waals surface area contributed by atoms with E-state index in [1.807, 2.05) is 26.0 Å². The fraction of sp³-hybridized carbons (Fsp3) is 0.429. The highest BCUT2D eigenvalue weighted by Crippen LogP contribution is 2.32. The van der Waals surface area contributed by atoms with Gasteiger partial charge in [0.15, 0.2) is 5.79 Å². The minimum absolute atomic E-state index is 0.193. The summed E-state index contributed by atoms with van der Waals surface area (Å²) < 4.78 is 30.1. The Morgan fingerprint density at radius 2 is 2.17 bits per heavy atom. The van der Waals surface area contributed by atoms with Crippen molar-refractivity contribution in [2.75, 3.05) is 6.61 Å². The van der Waals surface area contributed by atoms with Gasteiger partial charge in [0.2, 0.25) is 0 Å². The first-order valence-electron chi connectivity index (χ1n) is 5.99. The smallest absolute Gasteiger partial charge is 0.164 e. The first kappa shape index (κ1) is 11.7. The van der Waals surface area contributed by atoms with Crippen molar-refractivity contribution in [2.45, 2.75) is 31.8 Å². The summed E-state index contributed by atoms with van der Waals surface area (Å²) in [6.07, 6.45) is 7.87. The van der Waals surface area contributed by atoms with Crippen LogP contribution in [0.3, 0.4) is 0 Å². The Morgan fingerprint density at radius 3 is 2.89 bits per heavy atom. The molecule has 4 heteroatoms. The summed E-state index contributed by atoms with van der Waals surface area (Å²) in [6.45, 7) is 4.22. The minimum Gasteiger partial charge on any atom is -0.483 e. The lowest BCUT2D eigenvalue weighted by Gasteiger charge is -2.27. The molecule has 2 unspecified atom stereocenters. The normalized spacial score (nSPS) is 33.2. The van der Waals surface area contributed by atoms with Crippen molar-refractivity contribution >= 4 is 0 Å². The van der Waals surface area contributed by atoms with Crippen LogP contribution in [-0.2, 0) is 14.2 Å². The van der Waals surface area contributed by atoms with Crippen LogP contribution in [0.2, 0.25) is 0 Å². The number of hydrogen-bond acceptors (Lipinski definition) is 3. The van der Waals surface area contributed by atoms with Crippen LogP contribution >= 0.6 is 0 Å². The molecule has 0 saturated carbocycles. The molecule has 0 N–H and O–H groups in total. The second-order valence-corrected chi connectivity index (χ2v) is 4.98. The van der Waals surface area contributed by atoms with Gasteiger partial charge in [-0.15, -0.1) is 0 Å². The third kappa shape index (κ3) is 2.13. The lowest BCUT2D eigenvalue weighted by Crippen LogP contribution is -2.27. The predicted molar refractivity (Wildman–Crippen MR) is 64.3 cm³/mol. The van der Waals surface area contributed by atoms with Crippen molar-refractivity contribution in [3.05, 3.63) is 47.5 Å². The fourth-order valence-corrected chi connectivity index (χ4v) is 2.20. The van der Waals surface area contributed by atoms with Crippen LogP contribution in [0, 0.1) is 0 Å². The maximum Gasteiger partial charge on any atom is 0.164 e. The molecule has 0 aromatic carbocycles. The second kappa shape index (κ2) is 4.07. The van der Waals surface area contributed by atoms with Crippen LogP contribution in [0.5, 0.6) is 0 Å². The van der Waals surface area contributed by atoms with Gasteiger partial charge in [0, 0.05) is 0 Å². The molecule has 1 aliphatic carbocycles. The Kier molecular flexibility index (Phi) is 2.64. The molecule has 2 aliphatic heterocycles. The van der Waals surface area contributed by atoms with E-state index < -0.39 is 5.79 Å². The first-order chi connectivity index (χ1) is 8.53. The van der Waals surface area contributed by atoms with Crippen LogP contribution in [0.15, 0.2) is 47.5 Å².